The first-order chi connectivity index (χ1) is 9.63. The van der Waals surface area contributed by atoms with Crippen LogP contribution < -0.4 is 5.73 Å². The van der Waals surface area contributed by atoms with Crippen LogP contribution in [0.15, 0.2) is 12.4 Å². The van der Waals surface area contributed by atoms with Gasteiger partial charge in [0.05, 0.1) is 25.4 Å². The zero-order valence-corrected chi connectivity index (χ0v) is 13.6. The van der Waals surface area contributed by atoms with Crippen LogP contribution in [0, 0.1) is 5.41 Å². The third-order valence-corrected chi connectivity index (χ3v) is 4.10. The van der Waals surface area contributed by atoms with E-state index in [1.54, 1.807) is 10.9 Å². The van der Waals surface area contributed by atoms with Crippen LogP contribution in [0.3, 0.4) is 0 Å². The van der Waals surface area contributed by atoms with Crippen molar-refractivity contribution < 1.29 is 9.53 Å². The number of nitrogens with two attached hydrogens (primary N) is 1. The number of carbonyl (C=O) groups excluding carboxylic acids is 1. The van der Waals surface area contributed by atoms with E-state index in [4.69, 9.17) is 10.5 Å². The van der Waals surface area contributed by atoms with Crippen molar-refractivity contribution in [2.45, 2.75) is 39.3 Å². The molecule has 0 radical (unpaired) electrons. The Kier molecular flexibility index (Phi) is 4.13. The summed E-state index contributed by atoms with van der Waals surface area (Å²) in [6.07, 6.45) is 3.72. The van der Waals surface area contributed by atoms with Crippen molar-refractivity contribution in [1.82, 2.24) is 14.7 Å². The molecular weight excluding hydrogens is 268 g/mol. The fraction of sp³-hybridized carbons (Fsp3) is 0.733. The van der Waals surface area contributed by atoms with Crippen LogP contribution in [0.1, 0.15) is 33.3 Å². The van der Waals surface area contributed by atoms with Crippen molar-refractivity contribution in [3.63, 3.8) is 0 Å². The number of carbonyl (C=O) groups is 1. The fourth-order valence-electron chi connectivity index (χ4n) is 2.49. The van der Waals surface area contributed by atoms with Crippen LogP contribution in [0.25, 0.3) is 0 Å². The number of hydrogen-bond donors (Lipinski definition) is 1. The Morgan fingerprint density at radius 1 is 1.52 bits per heavy atom. The Balaban J connectivity index is 2.16. The number of amides is 1. The normalized spacial score (nSPS) is 25.0. The van der Waals surface area contributed by atoms with E-state index in [0.29, 0.717) is 19.7 Å². The second-order valence-electron chi connectivity index (χ2n) is 7.09. The molecule has 2 heterocycles. The fourth-order valence-corrected chi connectivity index (χ4v) is 2.49. The van der Waals surface area contributed by atoms with Crippen LogP contribution in [0.4, 0.5) is 0 Å². The summed E-state index contributed by atoms with van der Waals surface area (Å²) < 4.78 is 7.66. The molecule has 1 aliphatic heterocycles. The van der Waals surface area contributed by atoms with Crippen molar-refractivity contribution in [2.75, 3.05) is 19.7 Å². The predicted octanol–water partition coefficient (Wildman–Crippen LogP) is 0.867. The van der Waals surface area contributed by atoms with Crippen LogP contribution in [-0.2, 0) is 22.2 Å². The summed E-state index contributed by atoms with van der Waals surface area (Å²) in [6.45, 7) is 9.53. The molecule has 1 unspecified atom stereocenters. The molecule has 0 spiro atoms. The standard InChI is InChI=1S/C15H26N4O2/c1-14(2,3)12(16)13(20)19-6-7-21-15(4,10-19)11-8-17-18(5)9-11/h8-9,12H,6-7,10,16H2,1-5H3/t12-,15?/m1/s1. The summed E-state index contributed by atoms with van der Waals surface area (Å²) in [5.74, 6) is -0.0130. The third kappa shape index (κ3) is 3.27. The number of morpholine rings is 1. The van der Waals surface area contributed by atoms with E-state index in [2.05, 4.69) is 5.10 Å². The Morgan fingerprint density at radius 2 is 2.19 bits per heavy atom. The molecule has 0 saturated carbocycles. The minimum Gasteiger partial charge on any atom is -0.367 e. The summed E-state index contributed by atoms with van der Waals surface area (Å²) >= 11 is 0. The molecule has 0 aliphatic carbocycles. The van der Waals surface area contributed by atoms with Gasteiger partial charge in [0.2, 0.25) is 5.91 Å². The molecule has 6 nitrogen and oxygen atoms in total. The summed E-state index contributed by atoms with van der Waals surface area (Å²) in [5.41, 5.74) is 6.31. The molecule has 1 aromatic rings. The Hall–Kier alpha value is -1.40. The van der Waals surface area contributed by atoms with Crippen LogP contribution in [0.2, 0.25) is 0 Å². The lowest BCUT2D eigenvalue weighted by molar-refractivity contribution is -0.153. The second-order valence-corrected chi connectivity index (χ2v) is 7.09. The maximum Gasteiger partial charge on any atom is 0.240 e. The highest BCUT2D eigenvalue weighted by molar-refractivity contribution is 5.82. The molecular formula is C15H26N4O2. The van der Waals surface area contributed by atoms with Gasteiger partial charge in [-0.05, 0) is 12.3 Å². The molecule has 1 aliphatic rings. The average molecular weight is 294 g/mol. The van der Waals surface area contributed by atoms with Gasteiger partial charge in [0, 0.05) is 25.4 Å². The second kappa shape index (κ2) is 5.42. The molecule has 2 rings (SSSR count). The summed E-state index contributed by atoms with van der Waals surface area (Å²) in [7, 11) is 1.87. The van der Waals surface area contributed by atoms with Gasteiger partial charge in [0.15, 0.2) is 0 Å². The number of ether oxygens (including phenoxy) is 1. The molecule has 1 fully saturated rings. The van der Waals surface area contributed by atoms with Crippen LogP contribution >= 0.6 is 0 Å². The zero-order chi connectivity index (χ0) is 15.8. The van der Waals surface area contributed by atoms with Gasteiger partial charge < -0.3 is 15.4 Å². The third-order valence-electron chi connectivity index (χ3n) is 4.10. The number of hydrogen-bond acceptors (Lipinski definition) is 4. The summed E-state index contributed by atoms with van der Waals surface area (Å²) in [6, 6.07) is -0.506. The number of nitrogens with zero attached hydrogens (tertiary/aromatic N) is 3. The van der Waals surface area contributed by atoms with Gasteiger partial charge in [-0.3, -0.25) is 9.48 Å². The molecule has 21 heavy (non-hydrogen) atoms. The quantitative estimate of drug-likeness (QED) is 0.878. The van der Waals surface area contributed by atoms with E-state index in [0.717, 1.165) is 5.56 Å². The highest BCUT2D eigenvalue weighted by atomic mass is 16.5. The van der Waals surface area contributed by atoms with E-state index in [-0.39, 0.29) is 11.3 Å². The molecule has 1 amide bonds. The Bertz CT molecular complexity index is 520. The van der Waals surface area contributed by atoms with Gasteiger partial charge in [-0.2, -0.15) is 5.10 Å². The molecule has 2 N–H and O–H groups in total. The van der Waals surface area contributed by atoms with Gasteiger partial charge in [-0.15, -0.1) is 0 Å². The molecule has 1 aromatic heterocycles. The van der Waals surface area contributed by atoms with Crippen molar-refractivity contribution in [3.05, 3.63) is 18.0 Å². The van der Waals surface area contributed by atoms with E-state index in [1.807, 2.05) is 45.8 Å². The summed E-state index contributed by atoms with van der Waals surface area (Å²) in [4.78, 5) is 14.4. The van der Waals surface area contributed by atoms with E-state index in [9.17, 15) is 4.79 Å². The Morgan fingerprint density at radius 3 is 2.71 bits per heavy atom. The maximum absolute atomic E-state index is 12.6. The number of rotatable bonds is 2. The topological polar surface area (TPSA) is 73.4 Å². The zero-order valence-electron chi connectivity index (χ0n) is 13.6. The minimum absolute atomic E-state index is 0.0130. The van der Waals surface area contributed by atoms with Crippen molar-refractivity contribution >= 4 is 5.91 Å². The van der Waals surface area contributed by atoms with Gasteiger partial charge in [-0.1, -0.05) is 20.8 Å². The largest absolute Gasteiger partial charge is 0.367 e. The van der Waals surface area contributed by atoms with Crippen molar-refractivity contribution in [2.24, 2.45) is 18.2 Å². The predicted molar refractivity (Wildman–Crippen MR) is 80.5 cm³/mol. The molecule has 118 valence electrons. The Labute approximate surface area is 126 Å². The number of aryl methyl sites for hydroxylation is 1. The maximum atomic E-state index is 12.6. The first kappa shape index (κ1) is 16.0. The van der Waals surface area contributed by atoms with Crippen LogP contribution in [0.5, 0.6) is 0 Å². The van der Waals surface area contributed by atoms with E-state index < -0.39 is 11.6 Å². The molecule has 1 saturated heterocycles. The van der Waals surface area contributed by atoms with Gasteiger partial charge >= 0.3 is 0 Å². The number of aromatic nitrogens is 2. The smallest absolute Gasteiger partial charge is 0.240 e. The highest BCUT2D eigenvalue weighted by Gasteiger charge is 2.39. The molecule has 2 atom stereocenters. The van der Waals surface area contributed by atoms with Gasteiger partial charge in [0.1, 0.15) is 5.60 Å². The SMILES string of the molecule is Cn1cc(C2(C)CN(C(=O)[C@@H](N)C(C)(C)C)CCO2)cn1. The molecule has 0 aromatic carbocycles. The monoisotopic (exact) mass is 294 g/mol. The highest BCUT2D eigenvalue weighted by Crippen LogP contribution is 2.30. The van der Waals surface area contributed by atoms with Gasteiger partial charge in [0.25, 0.3) is 0 Å². The lowest BCUT2D eigenvalue weighted by Gasteiger charge is -2.42. The van der Waals surface area contributed by atoms with E-state index >= 15 is 0 Å². The van der Waals surface area contributed by atoms with Crippen LogP contribution in [-0.4, -0.2) is 46.3 Å². The first-order valence-electron chi connectivity index (χ1n) is 7.31. The van der Waals surface area contributed by atoms with Crippen molar-refractivity contribution in [3.8, 4) is 0 Å². The molecule has 6 heteroatoms. The minimum atomic E-state index is -0.528. The lowest BCUT2D eigenvalue weighted by Crippen LogP contribution is -2.57. The average Bonchev–Trinajstić information content (AvgIpc) is 2.83. The summed E-state index contributed by atoms with van der Waals surface area (Å²) in [5, 5.41) is 4.19. The lowest BCUT2D eigenvalue weighted by atomic mass is 9.86. The van der Waals surface area contributed by atoms with Crippen molar-refractivity contribution in [1.29, 1.82) is 0 Å². The first-order valence-corrected chi connectivity index (χ1v) is 7.31. The molecule has 0 bridgehead atoms. The van der Waals surface area contributed by atoms with Gasteiger partial charge in [-0.25, -0.2) is 0 Å². The van der Waals surface area contributed by atoms with E-state index in [1.165, 1.54) is 0 Å².